The van der Waals surface area contributed by atoms with Crippen LogP contribution in [0.2, 0.25) is 0 Å². The smallest absolute Gasteiger partial charge is 0.00263 e. The van der Waals surface area contributed by atoms with Crippen LogP contribution in [0.3, 0.4) is 0 Å². The van der Waals surface area contributed by atoms with Gasteiger partial charge in [0, 0.05) is 0 Å². The zero-order valence-corrected chi connectivity index (χ0v) is 28.7. The van der Waals surface area contributed by atoms with Gasteiger partial charge in [0.05, 0.1) is 0 Å². The molecule has 0 saturated heterocycles. The molecule has 9 aromatic carbocycles. The maximum atomic E-state index is 2.45. The second-order valence-electron chi connectivity index (χ2n) is 14.5. The molecular weight excluding hydrogens is 601 g/mol. The van der Waals surface area contributed by atoms with Gasteiger partial charge in [-0.25, -0.2) is 0 Å². The van der Waals surface area contributed by atoms with E-state index in [0.29, 0.717) is 0 Å². The summed E-state index contributed by atoms with van der Waals surface area (Å²) in [6.45, 7) is 6.92. The third kappa shape index (κ3) is 5.16. The first-order valence-corrected chi connectivity index (χ1v) is 17.6. The van der Waals surface area contributed by atoms with Gasteiger partial charge in [0.2, 0.25) is 0 Å². The van der Waals surface area contributed by atoms with Gasteiger partial charge in [-0.2, -0.15) is 0 Å². The minimum atomic E-state index is 0.0251. The predicted molar refractivity (Wildman–Crippen MR) is 217 cm³/mol. The first-order valence-electron chi connectivity index (χ1n) is 17.6. The van der Waals surface area contributed by atoms with Crippen LogP contribution >= 0.6 is 0 Å². The first-order chi connectivity index (χ1) is 24.4. The molecule has 0 aliphatic carbocycles. The van der Waals surface area contributed by atoms with Crippen LogP contribution < -0.4 is 0 Å². The highest BCUT2D eigenvalue weighted by molar-refractivity contribution is 6.21. The van der Waals surface area contributed by atoms with E-state index >= 15 is 0 Å². The van der Waals surface area contributed by atoms with Crippen molar-refractivity contribution in [2.75, 3.05) is 0 Å². The van der Waals surface area contributed by atoms with Gasteiger partial charge in [0.25, 0.3) is 0 Å². The van der Waals surface area contributed by atoms with Crippen LogP contribution in [0.1, 0.15) is 26.3 Å². The molecule has 0 aliphatic rings. The van der Waals surface area contributed by atoms with Gasteiger partial charge in [0.1, 0.15) is 0 Å². The largest absolute Gasteiger partial charge is 0.0616 e. The Hall–Kier alpha value is -5.98. The standard InChI is InChI=1S/C50H38/c1-50(2,3)41-29-30-46-47(32-41)49(38-24-19-34(20-25-38)40-28-21-33-11-4-5-13-39(33)31-40)45-17-9-8-16-44(45)48(46)37-26-22-36(23-27-37)43-18-10-14-35-12-6-7-15-42(35)43/h4-32H,1-3H3. The SMILES string of the molecule is CC(C)(C)c1ccc2c(-c3ccc(-c4cccc5ccccc45)cc3)c3ccccc3c(-c3ccc(-c4ccc5ccccc5c4)cc3)c2c1. The van der Waals surface area contributed by atoms with E-state index in [1.165, 1.54) is 93.2 Å². The molecule has 0 radical (unpaired) electrons. The predicted octanol–water partition coefficient (Wildman–Crippen LogP) is 14.3. The van der Waals surface area contributed by atoms with Crippen LogP contribution in [0, 0.1) is 0 Å². The molecule has 0 aromatic heterocycles. The second kappa shape index (κ2) is 11.9. The molecule has 0 fully saturated rings. The number of hydrogen-bond donors (Lipinski definition) is 0. The van der Waals surface area contributed by atoms with E-state index in [-0.39, 0.29) is 5.41 Å². The average molecular weight is 639 g/mol. The molecule has 0 saturated carbocycles. The van der Waals surface area contributed by atoms with E-state index < -0.39 is 0 Å². The van der Waals surface area contributed by atoms with E-state index in [1.807, 2.05) is 0 Å². The summed E-state index contributed by atoms with van der Waals surface area (Å²) >= 11 is 0. The normalized spacial score (nSPS) is 11.9. The van der Waals surface area contributed by atoms with Crippen molar-refractivity contribution < 1.29 is 0 Å². The van der Waals surface area contributed by atoms with Crippen LogP contribution in [0.4, 0.5) is 0 Å². The second-order valence-corrected chi connectivity index (χ2v) is 14.5. The third-order valence-corrected chi connectivity index (χ3v) is 10.4. The molecule has 0 heteroatoms. The summed E-state index contributed by atoms with van der Waals surface area (Å²) < 4.78 is 0. The summed E-state index contributed by atoms with van der Waals surface area (Å²) in [5.41, 5.74) is 11.4. The fraction of sp³-hybridized carbons (Fsp3) is 0.0800. The zero-order valence-electron chi connectivity index (χ0n) is 28.7. The van der Waals surface area contributed by atoms with Crippen LogP contribution in [-0.2, 0) is 5.41 Å². The Kier molecular flexibility index (Phi) is 7.14. The molecule has 0 heterocycles. The Labute approximate surface area is 294 Å². The molecule has 238 valence electrons. The van der Waals surface area contributed by atoms with Crippen LogP contribution in [-0.4, -0.2) is 0 Å². The van der Waals surface area contributed by atoms with E-state index in [1.54, 1.807) is 0 Å². The number of hydrogen-bond acceptors (Lipinski definition) is 0. The lowest BCUT2D eigenvalue weighted by molar-refractivity contribution is 0.591. The van der Waals surface area contributed by atoms with E-state index in [4.69, 9.17) is 0 Å². The van der Waals surface area contributed by atoms with Crippen molar-refractivity contribution >= 4 is 43.1 Å². The first kappa shape index (κ1) is 30.1. The van der Waals surface area contributed by atoms with E-state index in [0.717, 1.165) is 0 Å². The maximum Gasteiger partial charge on any atom is -0.00263 e. The lowest BCUT2D eigenvalue weighted by atomic mass is 9.81. The Bertz CT molecular complexity index is 2700. The summed E-state index contributed by atoms with van der Waals surface area (Å²) in [6.07, 6.45) is 0. The van der Waals surface area contributed by atoms with Crippen molar-refractivity contribution in [3.8, 4) is 44.5 Å². The Balaban J connectivity index is 1.23. The van der Waals surface area contributed by atoms with E-state index in [2.05, 4.69) is 197 Å². The summed E-state index contributed by atoms with van der Waals surface area (Å²) in [6, 6.07) is 65.1. The number of benzene rings is 9. The minimum Gasteiger partial charge on any atom is -0.0616 e. The maximum absolute atomic E-state index is 2.45. The summed E-state index contributed by atoms with van der Waals surface area (Å²) in [4.78, 5) is 0. The van der Waals surface area contributed by atoms with Crippen molar-refractivity contribution in [2.24, 2.45) is 0 Å². The molecule has 9 rings (SSSR count). The van der Waals surface area contributed by atoms with Crippen molar-refractivity contribution in [3.05, 3.63) is 181 Å². The Morgan fingerprint density at radius 2 is 0.800 bits per heavy atom. The number of rotatable bonds is 4. The number of fused-ring (bicyclic) bond motifs is 4. The van der Waals surface area contributed by atoms with Crippen LogP contribution in [0.15, 0.2) is 176 Å². The molecular formula is C50H38. The zero-order chi connectivity index (χ0) is 33.8. The molecule has 50 heavy (non-hydrogen) atoms. The molecule has 0 bridgehead atoms. The lowest BCUT2D eigenvalue weighted by Crippen LogP contribution is -2.10. The Morgan fingerprint density at radius 3 is 1.48 bits per heavy atom. The minimum absolute atomic E-state index is 0.0251. The highest BCUT2D eigenvalue weighted by Gasteiger charge is 2.20. The quantitative estimate of drug-likeness (QED) is 0.168. The van der Waals surface area contributed by atoms with Gasteiger partial charge in [0.15, 0.2) is 0 Å². The van der Waals surface area contributed by atoms with Gasteiger partial charge in [-0.05, 0) is 111 Å². The van der Waals surface area contributed by atoms with Gasteiger partial charge in [-0.15, -0.1) is 0 Å². The molecule has 0 atom stereocenters. The highest BCUT2D eigenvalue weighted by Crippen LogP contribution is 2.45. The van der Waals surface area contributed by atoms with Crippen molar-refractivity contribution in [3.63, 3.8) is 0 Å². The van der Waals surface area contributed by atoms with Gasteiger partial charge >= 0.3 is 0 Å². The van der Waals surface area contributed by atoms with Crippen molar-refractivity contribution in [1.82, 2.24) is 0 Å². The van der Waals surface area contributed by atoms with Gasteiger partial charge in [-0.1, -0.05) is 185 Å². The topological polar surface area (TPSA) is 0 Å². The molecule has 0 nitrogen and oxygen atoms in total. The molecule has 9 aromatic rings. The van der Waals surface area contributed by atoms with Gasteiger partial charge < -0.3 is 0 Å². The molecule has 0 unspecified atom stereocenters. The molecule has 0 amide bonds. The summed E-state index contributed by atoms with van der Waals surface area (Å²) in [5, 5.41) is 10.2. The average Bonchev–Trinajstić information content (AvgIpc) is 3.16. The van der Waals surface area contributed by atoms with Crippen LogP contribution in [0.5, 0.6) is 0 Å². The molecule has 0 spiro atoms. The Morgan fingerprint density at radius 1 is 0.300 bits per heavy atom. The molecule has 0 aliphatic heterocycles. The molecule has 0 N–H and O–H groups in total. The fourth-order valence-corrected chi connectivity index (χ4v) is 7.76. The monoisotopic (exact) mass is 638 g/mol. The summed E-state index contributed by atoms with van der Waals surface area (Å²) in [7, 11) is 0. The van der Waals surface area contributed by atoms with Crippen LogP contribution in [0.25, 0.3) is 87.6 Å². The summed E-state index contributed by atoms with van der Waals surface area (Å²) in [5.74, 6) is 0. The van der Waals surface area contributed by atoms with Gasteiger partial charge in [-0.3, -0.25) is 0 Å². The van der Waals surface area contributed by atoms with Crippen molar-refractivity contribution in [1.29, 1.82) is 0 Å². The fourth-order valence-electron chi connectivity index (χ4n) is 7.76. The van der Waals surface area contributed by atoms with E-state index in [9.17, 15) is 0 Å². The lowest BCUT2D eigenvalue weighted by Gasteiger charge is -2.23. The van der Waals surface area contributed by atoms with Crippen molar-refractivity contribution in [2.45, 2.75) is 26.2 Å². The third-order valence-electron chi connectivity index (χ3n) is 10.4. The highest BCUT2D eigenvalue weighted by atomic mass is 14.2.